The molecule has 0 radical (unpaired) electrons. The van der Waals surface area contributed by atoms with Crippen molar-refractivity contribution in [2.24, 2.45) is 5.92 Å². The van der Waals surface area contributed by atoms with E-state index >= 15 is 0 Å². The predicted octanol–water partition coefficient (Wildman–Crippen LogP) is 3.42. The number of nitrogens with zero attached hydrogens (tertiary/aromatic N) is 3. The summed E-state index contributed by atoms with van der Waals surface area (Å²) >= 11 is 5.70. The lowest BCUT2D eigenvalue weighted by Gasteiger charge is -2.45. The van der Waals surface area contributed by atoms with Crippen molar-refractivity contribution in [3.8, 4) is 0 Å². The van der Waals surface area contributed by atoms with E-state index < -0.39 is 53.7 Å². The third-order valence-corrected chi connectivity index (χ3v) is 5.52. The van der Waals surface area contributed by atoms with Crippen LogP contribution in [-0.2, 0) is 27.0 Å². The molecule has 0 saturated carbocycles. The van der Waals surface area contributed by atoms with Gasteiger partial charge in [-0.25, -0.2) is 13.8 Å². The van der Waals surface area contributed by atoms with Gasteiger partial charge in [0.05, 0.1) is 23.8 Å². The number of hydrogen-bond donors (Lipinski definition) is 0. The van der Waals surface area contributed by atoms with Gasteiger partial charge in [0.1, 0.15) is 18.4 Å². The Morgan fingerprint density at radius 2 is 1.84 bits per heavy atom. The van der Waals surface area contributed by atoms with Crippen LogP contribution in [0.2, 0.25) is 5.02 Å². The zero-order valence-corrected chi connectivity index (χ0v) is 17.0. The van der Waals surface area contributed by atoms with E-state index in [4.69, 9.17) is 16.3 Å². The maximum Gasteiger partial charge on any atom is 0.419 e. The quantitative estimate of drug-likeness (QED) is 0.636. The Balaban J connectivity index is 1.64. The molecular weight excluding hydrogens is 461 g/mol. The van der Waals surface area contributed by atoms with Gasteiger partial charge in [-0.2, -0.15) is 13.2 Å². The first-order valence-corrected chi connectivity index (χ1v) is 9.79. The average molecular weight is 476 g/mol. The highest BCUT2D eigenvalue weighted by Gasteiger charge is 2.47. The molecular formula is C20H15ClF5N3O3. The molecule has 2 amide bonds. The average Bonchev–Trinajstić information content (AvgIpc) is 2.65. The minimum atomic E-state index is -4.86. The zero-order chi connectivity index (χ0) is 23.2. The summed E-state index contributed by atoms with van der Waals surface area (Å²) in [5.41, 5.74) is -1.35. The van der Waals surface area contributed by atoms with E-state index in [2.05, 4.69) is 4.98 Å². The van der Waals surface area contributed by atoms with Crippen molar-refractivity contribution in [1.82, 2.24) is 9.88 Å². The molecule has 12 heteroatoms. The number of ether oxygens (including phenoxy) is 1. The molecule has 1 aromatic heterocycles. The highest BCUT2D eigenvalue weighted by atomic mass is 35.5. The van der Waals surface area contributed by atoms with Crippen molar-refractivity contribution in [3.63, 3.8) is 0 Å². The second-order valence-electron chi connectivity index (χ2n) is 7.46. The van der Waals surface area contributed by atoms with E-state index in [1.54, 1.807) is 0 Å². The van der Waals surface area contributed by atoms with Crippen LogP contribution in [0.15, 0.2) is 30.5 Å². The van der Waals surface area contributed by atoms with Gasteiger partial charge in [0.2, 0.25) is 5.91 Å². The van der Waals surface area contributed by atoms with Gasteiger partial charge in [-0.15, -0.1) is 0 Å². The summed E-state index contributed by atoms with van der Waals surface area (Å²) < 4.78 is 71.9. The van der Waals surface area contributed by atoms with E-state index in [0.29, 0.717) is 12.1 Å². The fraction of sp³-hybridized carbons (Fsp3) is 0.350. The number of piperazine rings is 1. The van der Waals surface area contributed by atoms with E-state index in [1.807, 2.05) is 0 Å². The van der Waals surface area contributed by atoms with Gasteiger partial charge in [-0.3, -0.25) is 14.5 Å². The summed E-state index contributed by atoms with van der Waals surface area (Å²) in [5.74, 6) is -4.37. The lowest BCUT2D eigenvalue weighted by Crippen LogP contribution is -2.65. The number of carbonyl (C=O) groups excluding carboxylic acids is 2. The molecule has 1 aromatic carbocycles. The van der Waals surface area contributed by atoms with Crippen LogP contribution >= 0.6 is 11.6 Å². The summed E-state index contributed by atoms with van der Waals surface area (Å²) in [6.45, 7) is -0.527. The van der Waals surface area contributed by atoms with Gasteiger partial charge in [-0.1, -0.05) is 17.7 Å². The molecule has 0 aliphatic carbocycles. The Hall–Kier alpha value is -2.79. The molecule has 1 unspecified atom stereocenters. The second kappa shape index (κ2) is 8.28. The van der Waals surface area contributed by atoms with Crippen LogP contribution < -0.4 is 4.90 Å². The van der Waals surface area contributed by atoms with E-state index in [-0.39, 0.29) is 36.2 Å². The molecule has 3 heterocycles. The van der Waals surface area contributed by atoms with Gasteiger partial charge in [-0.05, 0) is 23.8 Å². The minimum Gasteiger partial charge on any atom is -0.380 e. The van der Waals surface area contributed by atoms with Crippen LogP contribution in [0.4, 0.5) is 27.8 Å². The number of amides is 2. The van der Waals surface area contributed by atoms with E-state index in [1.165, 1.54) is 0 Å². The first-order chi connectivity index (χ1) is 15.1. The largest absolute Gasteiger partial charge is 0.419 e. The SMILES string of the molecule is O=C1C(C2COC2)N(Cc2ccc(C(F)(F)F)c(F)c2)C(=O)CN1c1ncc(Cl)cc1F. The Labute approximate surface area is 183 Å². The van der Waals surface area contributed by atoms with Crippen LogP contribution in [0.3, 0.4) is 0 Å². The fourth-order valence-electron chi connectivity index (χ4n) is 3.70. The molecule has 4 rings (SSSR count). The topological polar surface area (TPSA) is 62.7 Å². The van der Waals surface area contributed by atoms with Crippen molar-refractivity contribution >= 4 is 29.2 Å². The van der Waals surface area contributed by atoms with Crippen LogP contribution in [0.25, 0.3) is 0 Å². The van der Waals surface area contributed by atoms with Gasteiger partial charge in [0.15, 0.2) is 11.6 Å². The molecule has 0 bridgehead atoms. The maximum atomic E-state index is 14.4. The molecule has 2 saturated heterocycles. The summed E-state index contributed by atoms with van der Waals surface area (Å²) in [7, 11) is 0. The summed E-state index contributed by atoms with van der Waals surface area (Å²) in [5, 5.41) is 0.0111. The molecule has 2 aliphatic heterocycles. The maximum absolute atomic E-state index is 14.4. The monoisotopic (exact) mass is 475 g/mol. The molecule has 32 heavy (non-hydrogen) atoms. The molecule has 6 nitrogen and oxygen atoms in total. The zero-order valence-electron chi connectivity index (χ0n) is 16.2. The van der Waals surface area contributed by atoms with Gasteiger partial charge < -0.3 is 9.64 Å². The third kappa shape index (κ3) is 4.14. The smallest absolute Gasteiger partial charge is 0.380 e. The number of hydrogen-bond acceptors (Lipinski definition) is 4. The van der Waals surface area contributed by atoms with Crippen LogP contribution in [0.5, 0.6) is 0 Å². The number of carbonyl (C=O) groups is 2. The van der Waals surface area contributed by atoms with E-state index in [0.717, 1.165) is 28.1 Å². The Bertz CT molecular complexity index is 1080. The molecule has 170 valence electrons. The third-order valence-electron chi connectivity index (χ3n) is 5.31. The standard InChI is InChI=1S/C20H15ClF5N3O3/c21-12-4-15(23)18(27-5-12)29-7-16(30)28(17(19(29)31)11-8-32-9-11)6-10-1-2-13(14(22)3-10)20(24,25)26/h1-5,11,17H,6-9H2. The number of aromatic nitrogens is 1. The Kier molecular flexibility index (Phi) is 5.80. The molecule has 1 atom stereocenters. The van der Waals surface area contributed by atoms with Crippen LogP contribution in [0.1, 0.15) is 11.1 Å². The van der Waals surface area contributed by atoms with Crippen molar-refractivity contribution in [1.29, 1.82) is 0 Å². The molecule has 2 aromatic rings. The highest BCUT2D eigenvalue weighted by molar-refractivity contribution is 6.30. The summed E-state index contributed by atoms with van der Waals surface area (Å²) in [6, 6.07) is 2.20. The lowest BCUT2D eigenvalue weighted by atomic mass is 9.92. The van der Waals surface area contributed by atoms with Gasteiger partial charge >= 0.3 is 6.18 Å². The normalized spacial score (nSPS) is 20.0. The van der Waals surface area contributed by atoms with Crippen LogP contribution in [-0.4, -0.2) is 47.5 Å². The summed E-state index contributed by atoms with van der Waals surface area (Å²) in [4.78, 5) is 32.0. The number of anilines is 1. The number of halogens is 6. The van der Waals surface area contributed by atoms with Gasteiger partial charge in [0, 0.05) is 18.7 Å². The lowest BCUT2D eigenvalue weighted by molar-refractivity contribution is -0.155. The molecule has 2 aliphatic rings. The van der Waals surface area contributed by atoms with E-state index in [9.17, 15) is 31.5 Å². The Morgan fingerprint density at radius 1 is 1.12 bits per heavy atom. The number of rotatable bonds is 4. The predicted molar refractivity (Wildman–Crippen MR) is 102 cm³/mol. The Morgan fingerprint density at radius 3 is 2.41 bits per heavy atom. The number of alkyl halides is 3. The summed E-state index contributed by atoms with van der Waals surface area (Å²) in [6.07, 6.45) is -3.72. The van der Waals surface area contributed by atoms with Crippen molar-refractivity contribution in [3.05, 3.63) is 58.2 Å². The first-order valence-electron chi connectivity index (χ1n) is 9.41. The second-order valence-corrected chi connectivity index (χ2v) is 7.90. The number of benzene rings is 1. The van der Waals surface area contributed by atoms with Crippen molar-refractivity contribution < 1.29 is 36.3 Å². The minimum absolute atomic E-state index is 0.0111. The fourth-order valence-corrected chi connectivity index (χ4v) is 3.84. The van der Waals surface area contributed by atoms with Crippen molar-refractivity contribution in [2.75, 3.05) is 24.7 Å². The number of pyridine rings is 1. The molecule has 0 spiro atoms. The van der Waals surface area contributed by atoms with Crippen LogP contribution in [0, 0.1) is 17.6 Å². The highest BCUT2D eigenvalue weighted by Crippen LogP contribution is 2.33. The van der Waals surface area contributed by atoms with Gasteiger partial charge in [0.25, 0.3) is 5.91 Å². The van der Waals surface area contributed by atoms with Crippen molar-refractivity contribution in [2.45, 2.75) is 18.8 Å². The first kappa shape index (κ1) is 22.4. The molecule has 0 N–H and O–H groups in total. The molecule has 2 fully saturated rings.